The summed E-state index contributed by atoms with van der Waals surface area (Å²) < 4.78 is 5.55. The lowest BCUT2D eigenvalue weighted by atomic mass is 9.97. The third-order valence-electron chi connectivity index (χ3n) is 2.02. The predicted molar refractivity (Wildman–Crippen MR) is 53.0 cm³/mol. The van der Waals surface area contributed by atoms with E-state index in [9.17, 15) is 0 Å². The summed E-state index contributed by atoms with van der Waals surface area (Å²) in [6.07, 6.45) is 1.50. The lowest BCUT2D eigenvalue weighted by Gasteiger charge is -2.11. The first kappa shape index (κ1) is 9.12. The van der Waals surface area contributed by atoms with Gasteiger partial charge in [0.15, 0.2) is 5.52 Å². The first-order valence-corrected chi connectivity index (χ1v) is 4.57. The maximum Gasteiger partial charge on any atom is 0.250 e. The van der Waals surface area contributed by atoms with Crippen LogP contribution in [0.15, 0.2) is 10.7 Å². The Morgan fingerprint density at radius 2 is 1.93 bits per heavy atom. The monoisotopic (exact) mass is 191 g/mol. The van der Waals surface area contributed by atoms with Crippen molar-refractivity contribution in [3.05, 3.63) is 17.9 Å². The Bertz CT molecular complexity index is 468. The fraction of sp³-hybridized carbons (Fsp3) is 0.500. The van der Waals surface area contributed by atoms with Crippen LogP contribution in [-0.4, -0.2) is 15.0 Å². The van der Waals surface area contributed by atoms with Gasteiger partial charge in [0.25, 0.3) is 0 Å². The van der Waals surface area contributed by atoms with Gasteiger partial charge in [-0.25, -0.2) is 9.97 Å². The van der Waals surface area contributed by atoms with Crippen molar-refractivity contribution in [1.82, 2.24) is 15.0 Å². The standard InChI is InChI=1S/C10H13N3O/c1-6-7-8(12-5-11-6)14-9(13-7)10(2,3)4/h5H,1-4H3. The smallest absolute Gasteiger partial charge is 0.250 e. The van der Waals surface area contributed by atoms with Crippen molar-refractivity contribution in [2.75, 3.05) is 0 Å². The molecule has 0 unspecified atom stereocenters. The third kappa shape index (κ3) is 1.36. The molecule has 0 spiro atoms. The molecule has 74 valence electrons. The molecule has 0 N–H and O–H groups in total. The van der Waals surface area contributed by atoms with Crippen molar-refractivity contribution in [2.24, 2.45) is 0 Å². The fourth-order valence-electron chi connectivity index (χ4n) is 1.19. The minimum atomic E-state index is -0.0901. The Kier molecular flexibility index (Phi) is 1.80. The number of aromatic nitrogens is 3. The summed E-state index contributed by atoms with van der Waals surface area (Å²) in [5, 5.41) is 0. The Morgan fingerprint density at radius 3 is 2.50 bits per heavy atom. The Balaban J connectivity index is 2.69. The van der Waals surface area contributed by atoms with E-state index in [0.29, 0.717) is 11.6 Å². The molecule has 0 bridgehead atoms. The number of oxazole rings is 1. The van der Waals surface area contributed by atoms with Gasteiger partial charge >= 0.3 is 0 Å². The molecule has 0 radical (unpaired) electrons. The second kappa shape index (κ2) is 2.77. The van der Waals surface area contributed by atoms with Crippen LogP contribution in [0.1, 0.15) is 32.4 Å². The van der Waals surface area contributed by atoms with E-state index in [0.717, 1.165) is 11.2 Å². The van der Waals surface area contributed by atoms with Crippen LogP contribution in [0.3, 0.4) is 0 Å². The summed E-state index contributed by atoms with van der Waals surface area (Å²) in [6, 6.07) is 0. The van der Waals surface area contributed by atoms with Crippen LogP contribution in [0, 0.1) is 6.92 Å². The van der Waals surface area contributed by atoms with Crippen LogP contribution >= 0.6 is 0 Å². The third-order valence-corrected chi connectivity index (χ3v) is 2.02. The van der Waals surface area contributed by atoms with Crippen LogP contribution in [0.25, 0.3) is 11.2 Å². The van der Waals surface area contributed by atoms with Crippen molar-refractivity contribution in [2.45, 2.75) is 33.1 Å². The molecule has 2 rings (SSSR count). The molecule has 4 nitrogen and oxygen atoms in total. The second-order valence-electron chi connectivity index (χ2n) is 4.38. The zero-order chi connectivity index (χ0) is 10.3. The summed E-state index contributed by atoms with van der Waals surface area (Å²) in [6.45, 7) is 8.07. The number of hydrogen-bond acceptors (Lipinski definition) is 4. The van der Waals surface area contributed by atoms with Gasteiger partial charge in [-0.1, -0.05) is 20.8 Å². The molecule has 0 saturated heterocycles. The first-order valence-electron chi connectivity index (χ1n) is 4.57. The van der Waals surface area contributed by atoms with Crippen LogP contribution in [-0.2, 0) is 5.41 Å². The van der Waals surface area contributed by atoms with E-state index in [-0.39, 0.29) is 5.41 Å². The lowest BCUT2D eigenvalue weighted by Crippen LogP contribution is -2.11. The molecule has 0 atom stereocenters. The van der Waals surface area contributed by atoms with Crippen molar-refractivity contribution in [3.8, 4) is 0 Å². The van der Waals surface area contributed by atoms with E-state index in [1.165, 1.54) is 6.33 Å². The highest BCUT2D eigenvalue weighted by atomic mass is 16.4. The number of hydrogen-bond donors (Lipinski definition) is 0. The number of rotatable bonds is 0. The quantitative estimate of drug-likeness (QED) is 0.640. The molecular formula is C10H13N3O. The summed E-state index contributed by atoms with van der Waals surface area (Å²) in [7, 11) is 0. The zero-order valence-electron chi connectivity index (χ0n) is 8.83. The van der Waals surface area contributed by atoms with Crippen LogP contribution in [0.5, 0.6) is 0 Å². The molecule has 0 aromatic carbocycles. The highest BCUT2D eigenvalue weighted by molar-refractivity contribution is 5.70. The van der Waals surface area contributed by atoms with Gasteiger partial charge < -0.3 is 4.42 Å². The predicted octanol–water partition coefficient (Wildman–Crippen LogP) is 2.22. The van der Waals surface area contributed by atoms with Gasteiger partial charge in [0.2, 0.25) is 11.6 Å². The summed E-state index contributed by atoms with van der Waals surface area (Å²) in [5.74, 6) is 0.705. The van der Waals surface area contributed by atoms with Gasteiger partial charge in [-0.15, -0.1) is 0 Å². The average molecular weight is 191 g/mol. The van der Waals surface area contributed by atoms with Gasteiger partial charge in [-0.3, -0.25) is 0 Å². The molecule has 0 aliphatic rings. The average Bonchev–Trinajstić information content (AvgIpc) is 2.48. The summed E-state index contributed by atoms with van der Waals surface area (Å²) >= 11 is 0. The van der Waals surface area contributed by atoms with E-state index < -0.39 is 0 Å². The van der Waals surface area contributed by atoms with Crippen molar-refractivity contribution in [1.29, 1.82) is 0 Å². The maximum absolute atomic E-state index is 5.55. The zero-order valence-corrected chi connectivity index (χ0v) is 8.83. The van der Waals surface area contributed by atoms with E-state index in [4.69, 9.17) is 4.42 Å². The van der Waals surface area contributed by atoms with Gasteiger partial charge in [0.1, 0.15) is 6.33 Å². The molecule has 0 fully saturated rings. The summed E-state index contributed by atoms with van der Waals surface area (Å²) in [5.41, 5.74) is 2.10. The van der Waals surface area contributed by atoms with Gasteiger partial charge in [0, 0.05) is 5.41 Å². The van der Waals surface area contributed by atoms with Gasteiger partial charge in [-0.05, 0) is 6.92 Å². The Morgan fingerprint density at radius 1 is 1.21 bits per heavy atom. The van der Waals surface area contributed by atoms with E-state index in [1.54, 1.807) is 0 Å². The second-order valence-corrected chi connectivity index (χ2v) is 4.38. The molecule has 2 aromatic heterocycles. The minimum absolute atomic E-state index is 0.0901. The Hall–Kier alpha value is -1.45. The highest BCUT2D eigenvalue weighted by Gasteiger charge is 2.21. The molecule has 0 aliphatic carbocycles. The number of nitrogens with zero attached hydrogens (tertiary/aromatic N) is 3. The van der Waals surface area contributed by atoms with Crippen molar-refractivity contribution < 1.29 is 4.42 Å². The molecule has 0 aliphatic heterocycles. The van der Waals surface area contributed by atoms with E-state index in [2.05, 4.69) is 35.7 Å². The maximum atomic E-state index is 5.55. The van der Waals surface area contributed by atoms with E-state index >= 15 is 0 Å². The molecule has 2 heterocycles. The van der Waals surface area contributed by atoms with E-state index in [1.807, 2.05) is 6.92 Å². The molecule has 0 amide bonds. The van der Waals surface area contributed by atoms with Gasteiger partial charge in [0.05, 0.1) is 5.69 Å². The van der Waals surface area contributed by atoms with Crippen LogP contribution in [0.2, 0.25) is 0 Å². The largest absolute Gasteiger partial charge is 0.422 e. The van der Waals surface area contributed by atoms with Crippen LogP contribution < -0.4 is 0 Å². The number of fused-ring (bicyclic) bond motifs is 1. The molecule has 4 heteroatoms. The SMILES string of the molecule is Cc1ncnc2oc(C(C)(C)C)nc12. The molecule has 14 heavy (non-hydrogen) atoms. The molecular weight excluding hydrogens is 178 g/mol. The highest BCUT2D eigenvalue weighted by Crippen LogP contribution is 2.25. The summed E-state index contributed by atoms with van der Waals surface area (Å²) in [4.78, 5) is 12.5. The topological polar surface area (TPSA) is 51.8 Å². The van der Waals surface area contributed by atoms with Crippen molar-refractivity contribution in [3.63, 3.8) is 0 Å². The molecule has 2 aromatic rings. The minimum Gasteiger partial charge on any atom is -0.422 e. The lowest BCUT2D eigenvalue weighted by molar-refractivity contribution is 0.407. The van der Waals surface area contributed by atoms with Crippen molar-refractivity contribution >= 4 is 11.2 Å². The molecule has 0 saturated carbocycles. The Labute approximate surface area is 82.4 Å². The number of aryl methyl sites for hydroxylation is 1. The van der Waals surface area contributed by atoms with Gasteiger partial charge in [-0.2, -0.15) is 4.98 Å². The first-order chi connectivity index (χ1) is 6.48. The fourth-order valence-corrected chi connectivity index (χ4v) is 1.19. The van der Waals surface area contributed by atoms with Crippen LogP contribution in [0.4, 0.5) is 0 Å². The normalized spacial score (nSPS) is 12.3.